The molecule has 8 bridgehead atoms. The monoisotopic (exact) mass is 1230 g/mol. The van der Waals surface area contributed by atoms with Gasteiger partial charge in [0.05, 0.1) is 0 Å². The first-order chi connectivity index (χ1) is 47.5. The van der Waals surface area contributed by atoms with Crippen LogP contribution in [0.2, 0.25) is 0 Å². The standard InChI is InChI=1S/2C47H37N/c1-3-12-41-39(10-1)45(32-17-15-31(16-18-32)34-8-7-21-48-28-34)40-11-2-4-13-42(40)46(41)33-19-20-38-37-9-5-6-14-43(37)47(44(38)27-33)35-23-29-22-30(25-35)26-36(47)24-29;1-3-10-41-39(8-1)45(33-15-13-31(14-16-33)32-19-21-48-22-20-32)40-9-2-4-11-42(40)46(41)34-17-18-38-37-7-5-6-12-43(37)47(44(38)28-34)35-24-29-23-30(26-35)27-36(47)25-29/h1-21,27-30,35-36H,22-26H2;1-22,28-30,35-36H,23-27H2. The van der Waals surface area contributed by atoms with E-state index in [0.29, 0.717) is 0 Å². The Balaban J connectivity index is 0.000000127. The maximum absolute atomic E-state index is 4.34. The van der Waals surface area contributed by atoms with Crippen LogP contribution in [0.1, 0.15) is 86.5 Å². The number of pyridine rings is 2. The van der Waals surface area contributed by atoms with Gasteiger partial charge in [0, 0.05) is 35.6 Å². The molecule has 10 aliphatic carbocycles. The Hall–Kier alpha value is -10.0. The second kappa shape index (κ2) is 21.2. The molecule has 0 N–H and O–H groups in total. The molecule has 10 aliphatic rings. The van der Waals surface area contributed by atoms with Crippen LogP contribution in [0.25, 0.3) is 132 Å². The van der Waals surface area contributed by atoms with Gasteiger partial charge in [0.25, 0.3) is 0 Å². The lowest BCUT2D eigenvalue weighted by Crippen LogP contribution is -2.55. The summed E-state index contributed by atoms with van der Waals surface area (Å²) < 4.78 is 0. The molecule has 24 rings (SSSR count). The fourth-order valence-electron chi connectivity index (χ4n) is 22.9. The minimum absolute atomic E-state index is 0.164. The molecule has 96 heavy (non-hydrogen) atoms. The molecule has 2 spiro atoms. The summed E-state index contributed by atoms with van der Waals surface area (Å²) in [6.45, 7) is 0. The highest BCUT2D eigenvalue weighted by Gasteiger charge is 2.63. The molecule has 0 radical (unpaired) electrons. The van der Waals surface area contributed by atoms with Gasteiger partial charge in [0.1, 0.15) is 0 Å². The van der Waals surface area contributed by atoms with Crippen LogP contribution in [0.3, 0.4) is 0 Å². The van der Waals surface area contributed by atoms with Crippen molar-refractivity contribution in [3.63, 3.8) is 0 Å². The predicted octanol–water partition coefficient (Wildman–Crippen LogP) is 24.2. The van der Waals surface area contributed by atoms with Crippen LogP contribution in [-0.4, -0.2) is 9.97 Å². The SMILES string of the molecule is c1ccc2c(c1)-c1ccc(-c3c4ccccc4c(-c4ccc(-c5ccncc5)cc4)c4ccccc34)cc1C21C2CC3CC(C2)CC1C3.c1cncc(-c2ccc(-c3c4ccccc4c(-c4ccc5c(c4)C4(c6ccccc6-5)C5CC6CC(C5)CC4C6)c4ccccc34)cc2)c1. The number of rotatable bonds is 6. The molecule has 0 aliphatic heterocycles. The molecule has 2 nitrogen and oxygen atoms in total. The molecular weight excluding hydrogens is 1160 g/mol. The molecule has 8 fully saturated rings. The molecule has 0 unspecified atom stereocenters. The molecule has 0 atom stereocenters. The van der Waals surface area contributed by atoms with Crippen molar-refractivity contribution in [3.8, 4) is 89.0 Å². The smallest absolute Gasteiger partial charge is 0.0346 e. The van der Waals surface area contributed by atoms with Crippen LogP contribution in [0, 0.1) is 47.3 Å². The molecular formula is C94H74N2. The molecule has 12 aromatic carbocycles. The fourth-order valence-corrected chi connectivity index (χ4v) is 22.9. The highest BCUT2D eigenvalue weighted by molar-refractivity contribution is 6.23. The van der Waals surface area contributed by atoms with E-state index in [-0.39, 0.29) is 10.8 Å². The molecule has 2 aromatic heterocycles. The minimum Gasteiger partial charge on any atom is -0.265 e. The molecule has 2 heterocycles. The quantitative estimate of drug-likeness (QED) is 0.155. The first-order valence-electron chi connectivity index (χ1n) is 35.9. The van der Waals surface area contributed by atoms with Crippen molar-refractivity contribution in [1.82, 2.24) is 9.97 Å². The molecule has 14 aromatic rings. The first kappa shape index (κ1) is 55.3. The maximum atomic E-state index is 4.34. The zero-order valence-electron chi connectivity index (χ0n) is 54.1. The van der Waals surface area contributed by atoms with Gasteiger partial charge in [-0.1, -0.05) is 224 Å². The second-order valence-electron chi connectivity index (χ2n) is 30.3. The summed E-state index contributed by atoms with van der Waals surface area (Å²) in [4.78, 5) is 8.56. The Morgan fingerprint density at radius 1 is 0.219 bits per heavy atom. The third-order valence-electron chi connectivity index (χ3n) is 25.9. The summed E-state index contributed by atoms with van der Waals surface area (Å²) >= 11 is 0. The van der Waals surface area contributed by atoms with Crippen LogP contribution in [0.4, 0.5) is 0 Å². The largest absolute Gasteiger partial charge is 0.265 e. The van der Waals surface area contributed by atoms with Crippen molar-refractivity contribution >= 4 is 43.1 Å². The van der Waals surface area contributed by atoms with E-state index in [2.05, 4.69) is 259 Å². The van der Waals surface area contributed by atoms with Crippen molar-refractivity contribution in [2.45, 2.75) is 75.0 Å². The lowest BCUT2D eigenvalue weighted by atomic mass is 9.43. The fraction of sp³-hybridized carbons (Fsp3) is 0.213. The number of hydrogen-bond donors (Lipinski definition) is 0. The summed E-state index contributed by atoms with van der Waals surface area (Å²) in [5, 5.41) is 10.6. The van der Waals surface area contributed by atoms with Crippen molar-refractivity contribution in [2.24, 2.45) is 47.3 Å². The molecule has 460 valence electrons. The molecule has 8 saturated carbocycles. The third-order valence-corrected chi connectivity index (χ3v) is 25.9. The number of fused-ring (bicyclic) bond motifs is 10. The highest BCUT2D eigenvalue weighted by atomic mass is 14.7. The summed E-state index contributed by atoms with van der Waals surface area (Å²) in [6, 6.07) is 97.0. The van der Waals surface area contributed by atoms with E-state index in [4.69, 9.17) is 0 Å². The minimum atomic E-state index is 0.164. The van der Waals surface area contributed by atoms with Gasteiger partial charge in [-0.05, 0) is 296 Å². The first-order valence-corrected chi connectivity index (χ1v) is 35.9. The lowest BCUT2D eigenvalue weighted by Gasteiger charge is -2.61. The van der Waals surface area contributed by atoms with Crippen LogP contribution in [0.5, 0.6) is 0 Å². The van der Waals surface area contributed by atoms with Crippen molar-refractivity contribution in [1.29, 1.82) is 0 Å². The van der Waals surface area contributed by atoms with Gasteiger partial charge in [-0.25, -0.2) is 0 Å². The van der Waals surface area contributed by atoms with Crippen LogP contribution in [-0.2, 0) is 10.8 Å². The van der Waals surface area contributed by atoms with Crippen LogP contribution in [0.15, 0.2) is 280 Å². The van der Waals surface area contributed by atoms with E-state index in [1.807, 2.05) is 30.9 Å². The summed E-state index contributed by atoms with van der Waals surface area (Å²) in [5.74, 6) is 6.81. The topological polar surface area (TPSA) is 25.8 Å². The summed E-state index contributed by atoms with van der Waals surface area (Å²) in [5.41, 5.74) is 28.1. The maximum Gasteiger partial charge on any atom is 0.0346 e. The van der Waals surface area contributed by atoms with Crippen molar-refractivity contribution < 1.29 is 0 Å². The van der Waals surface area contributed by atoms with E-state index >= 15 is 0 Å². The van der Waals surface area contributed by atoms with Crippen LogP contribution >= 0.6 is 0 Å². The average Bonchev–Trinajstić information content (AvgIpc) is 1.48. The Morgan fingerprint density at radius 3 is 0.885 bits per heavy atom. The van der Waals surface area contributed by atoms with Crippen LogP contribution < -0.4 is 0 Å². The summed E-state index contributed by atoms with van der Waals surface area (Å²) in [7, 11) is 0. The zero-order valence-corrected chi connectivity index (χ0v) is 54.1. The van der Waals surface area contributed by atoms with Gasteiger partial charge < -0.3 is 0 Å². The molecule has 0 amide bonds. The normalized spacial score (nSPS) is 24.8. The van der Waals surface area contributed by atoms with Crippen molar-refractivity contribution in [3.05, 3.63) is 302 Å². The Bertz CT molecular complexity index is 4970. The number of hydrogen-bond acceptors (Lipinski definition) is 2. The predicted molar refractivity (Wildman–Crippen MR) is 398 cm³/mol. The van der Waals surface area contributed by atoms with Crippen molar-refractivity contribution in [2.75, 3.05) is 0 Å². The Kier molecular flexibility index (Phi) is 12.2. The zero-order chi connectivity index (χ0) is 62.8. The van der Waals surface area contributed by atoms with Gasteiger partial charge in [0.15, 0.2) is 0 Å². The summed E-state index contributed by atoms with van der Waals surface area (Å²) in [6.07, 6.45) is 21.7. The third kappa shape index (κ3) is 7.93. The lowest BCUT2D eigenvalue weighted by molar-refractivity contribution is -0.0399. The van der Waals surface area contributed by atoms with Gasteiger partial charge in [-0.15, -0.1) is 0 Å². The second-order valence-corrected chi connectivity index (χ2v) is 30.3. The van der Waals surface area contributed by atoms with Gasteiger partial charge >= 0.3 is 0 Å². The van der Waals surface area contributed by atoms with Gasteiger partial charge in [-0.2, -0.15) is 0 Å². The van der Waals surface area contributed by atoms with Gasteiger partial charge in [0.2, 0.25) is 0 Å². The van der Waals surface area contributed by atoms with E-state index < -0.39 is 0 Å². The van der Waals surface area contributed by atoms with E-state index in [1.54, 1.807) is 22.3 Å². The Labute approximate surface area is 562 Å². The van der Waals surface area contributed by atoms with E-state index in [0.717, 1.165) is 52.9 Å². The number of nitrogens with zero attached hydrogens (tertiary/aromatic N) is 2. The molecule has 2 heteroatoms. The van der Waals surface area contributed by atoms with E-state index in [9.17, 15) is 0 Å². The number of aromatic nitrogens is 2. The molecule has 0 saturated heterocycles. The van der Waals surface area contributed by atoms with E-state index in [1.165, 1.54) is 191 Å². The highest BCUT2D eigenvalue weighted by Crippen LogP contribution is 2.72. The number of benzene rings is 12. The Morgan fingerprint density at radius 2 is 0.521 bits per heavy atom. The van der Waals surface area contributed by atoms with Gasteiger partial charge in [-0.3, -0.25) is 9.97 Å². The average molecular weight is 1230 g/mol.